The fraction of sp³-hybridized carbons (Fsp3) is 0.143. The van der Waals surface area contributed by atoms with Gasteiger partial charge in [-0.2, -0.15) is 0 Å². The molecule has 0 spiro atoms. The molecule has 6 heteroatoms. The average Bonchev–Trinajstić information content (AvgIpc) is 2.91. The summed E-state index contributed by atoms with van der Waals surface area (Å²) in [6.07, 6.45) is 1.57. The standard InChI is InChI=1S/C14H11BrN2O2S/c15-10-2-1-3-11(8-10)19-6-5-17-9-16-13-12(14(17)18)4-7-20-13/h1-4,7-9H,5-6H2. The Morgan fingerprint density at radius 2 is 2.25 bits per heavy atom. The Morgan fingerprint density at radius 3 is 3.10 bits per heavy atom. The molecule has 0 amide bonds. The molecule has 0 N–H and O–H groups in total. The first-order valence-corrected chi connectivity index (χ1v) is 7.72. The van der Waals surface area contributed by atoms with Crippen molar-refractivity contribution < 1.29 is 4.74 Å². The third-order valence-corrected chi connectivity index (χ3v) is 4.16. The van der Waals surface area contributed by atoms with Gasteiger partial charge in [0.1, 0.15) is 17.2 Å². The Labute approximate surface area is 127 Å². The molecule has 0 unspecified atom stereocenters. The third-order valence-electron chi connectivity index (χ3n) is 2.85. The van der Waals surface area contributed by atoms with Gasteiger partial charge in [0.05, 0.1) is 18.3 Å². The number of halogens is 1. The van der Waals surface area contributed by atoms with Crippen molar-refractivity contribution >= 4 is 37.5 Å². The predicted molar refractivity (Wildman–Crippen MR) is 83.5 cm³/mol. The Balaban J connectivity index is 1.71. The van der Waals surface area contributed by atoms with Gasteiger partial charge in [-0.1, -0.05) is 22.0 Å². The lowest BCUT2D eigenvalue weighted by Gasteiger charge is -2.08. The van der Waals surface area contributed by atoms with Crippen LogP contribution >= 0.6 is 27.3 Å². The number of benzene rings is 1. The summed E-state index contributed by atoms with van der Waals surface area (Å²) in [6.45, 7) is 0.901. The molecule has 0 saturated carbocycles. The molecular weight excluding hydrogens is 340 g/mol. The number of hydrogen-bond acceptors (Lipinski definition) is 4. The van der Waals surface area contributed by atoms with E-state index < -0.39 is 0 Å². The van der Waals surface area contributed by atoms with Crippen LogP contribution in [0.3, 0.4) is 0 Å². The molecule has 3 rings (SSSR count). The molecule has 2 heterocycles. The lowest BCUT2D eigenvalue weighted by atomic mass is 10.3. The second kappa shape index (κ2) is 5.76. The topological polar surface area (TPSA) is 44.1 Å². The smallest absolute Gasteiger partial charge is 0.262 e. The van der Waals surface area contributed by atoms with Gasteiger partial charge in [0.2, 0.25) is 0 Å². The molecule has 4 nitrogen and oxygen atoms in total. The molecule has 0 aliphatic rings. The molecule has 0 fully saturated rings. The first kappa shape index (κ1) is 13.3. The summed E-state index contributed by atoms with van der Waals surface area (Å²) in [5.41, 5.74) is -0.0194. The number of fused-ring (bicyclic) bond motifs is 1. The van der Waals surface area contributed by atoms with Gasteiger partial charge in [0.25, 0.3) is 5.56 Å². The van der Waals surface area contributed by atoms with Gasteiger partial charge in [0, 0.05) is 4.47 Å². The van der Waals surface area contributed by atoms with E-state index in [-0.39, 0.29) is 5.56 Å². The van der Waals surface area contributed by atoms with Gasteiger partial charge >= 0.3 is 0 Å². The molecule has 0 saturated heterocycles. The van der Waals surface area contributed by atoms with Gasteiger partial charge < -0.3 is 4.74 Å². The van der Waals surface area contributed by atoms with E-state index in [1.54, 1.807) is 17.0 Å². The van der Waals surface area contributed by atoms with Crippen LogP contribution in [0, 0.1) is 0 Å². The number of aromatic nitrogens is 2. The van der Waals surface area contributed by atoms with Gasteiger partial charge in [-0.05, 0) is 29.6 Å². The molecule has 20 heavy (non-hydrogen) atoms. The Hall–Kier alpha value is -1.66. The van der Waals surface area contributed by atoms with Crippen LogP contribution in [0.1, 0.15) is 0 Å². The van der Waals surface area contributed by atoms with Crippen LogP contribution in [0.15, 0.2) is 51.3 Å². The largest absolute Gasteiger partial charge is 0.492 e. The molecule has 102 valence electrons. The fourth-order valence-electron chi connectivity index (χ4n) is 1.87. The van der Waals surface area contributed by atoms with E-state index in [4.69, 9.17) is 4.74 Å². The van der Waals surface area contributed by atoms with E-state index in [1.807, 2.05) is 29.6 Å². The molecular formula is C14H11BrN2O2S. The van der Waals surface area contributed by atoms with Crippen LogP contribution in [0.2, 0.25) is 0 Å². The van der Waals surface area contributed by atoms with E-state index in [0.717, 1.165) is 15.1 Å². The lowest BCUT2D eigenvalue weighted by Crippen LogP contribution is -2.23. The van der Waals surface area contributed by atoms with E-state index in [0.29, 0.717) is 18.5 Å². The Kier molecular flexibility index (Phi) is 3.84. The van der Waals surface area contributed by atoms with E-state index in [1.165, 1.54) is 11.3 Å². The monoisotopic (exact) mass is 350 g/mol. The zero-order chi connectivity index (χ0) is 13.9. The first-order chi connectivity index (χ1) is 9.74. The minimum atomic E-state index is -0.0194. The van der Waals surface area contributed by atoms with Crippen molar-refractivity contribution in [3.63, 3.8) is 0 Å². The molecule has 0 aliphatic carbocycles. The predicted octanol–water partition coefficient (Wildman–Crippen LogP) is 3.30. The first-order valence-electron chi connectivity index (χ1n) is 6.05. The van der Waals surface area contributed by atoms with Crippen molar-refractivity contribution in [2.24, 2.45) is 0 Å². The van der Waals surface area contributed by atoms with Crippen molar-refractivity contribution in [3.05, 3.63) is 56.9 Å². The summed E-state index contributed by atoms with van der Waals surface area (Å²) in [5.74, 6) is 0.775. The SMILES string of the molecule is O=c1c2ccsc2ncn1CCOc1cccc(Br)c1. The fourth-order valence-corrected chi connectivity index (χ4v) is 2.97. The van der Waals surface area contributed by atoms with Gasteiger partial charge in [-0.25, -0.2) is 4.98 Å². The average molecular weight is 351 g/mol. The van der Waals surface area contributed by atoms with Crippen molar-refractivity contribution in [3.8, 4) is 5.75 Å². The van der Waals surface area contributed by atoms with Crippen molar-refractivity contribution in [2.75, 3.05) is 6.61 Å². The number of hydrogen-bond donors (Lipinski definition) is 0. The molecule has 0 radical (unpaired) electrons. The number of rotatable bonds is 4. The minimum absolute atomic E-state index is 0.0194. The normalized spacial score (nSPS) is 10.8. The summed E-state index contributed by atoms with van der Waals surface area (Å²) in [5, 5.41) is 2.54. The maximum atomic E-state index is 12.2. The van der Waals surface area contributed by atoms with Crippen LogP contribution in [0.5, 0.6) is 5.75 Å². The van der Waals surface area contributed by atoms with E-state index in [2.05, 4.69) is 20.9 Å². The maximum Gasteiger partial charge on any atom is 0.262 e. The maximum absolute atomic E-state index is 12.2. The van der Waals surface area contributed by atoms with Crippen molar-refractivity contribution in [1.29, 1.82) is 0 Å². The minimum Gasteiger partial charge on any atom is -0.492 e. The highest BCUT2D eigenvalue weighted by Crippen LogP contribution is 2.17. The molecule has 0 aliphatic heterocycles. The van der Waals surface area contributed by atoms with Crippen LogP contribution in [0.4, 0.5) is 0 Å². The lowest BCUT2D eigenvalue weighted by molar-refractivity contribution is 0.296. The highest BCUT2D eigenvalue weighted by atomic mass is 79.9. The summed E-state index contributed by atoms with van der Waals surface area (Å²) in [6, 6.07) is 9.42. The molecule has 0 atom stereocenters. The van der Waals surface area contributed by atoms with Crippen molar-refractivity contribution in [2.45, 2.75) is 6.54 Å². The van der Waals surface area contributed by atoms with Gasteiger partial charge in [0.15, 0.2) is 0 Å². The summed E-state index contributed by atoms with van der Waals surface area (Å²) in [4.78, 5) is 17.2. The Morgan fingerprint density at radius 1 is 1.35 bits per heavy atom. The van der Waals surface area contributed by atoms with Gasteiger partial charge in [-0.3, -0.25) is 9.36 Å². The third kappa shape index (κ3) is 2.76. The van der Waals surface area contributed by atoms with Crippen LogP contribution in [-0.4, -0.2) is 16.2 Å². The van der Waals surface area contributed by atoms with Crippen LogP contribution in [0.25, 0.3) is 10.2 Å². The van der Waals surface area contributed by atoms with Crippen molar-refractivity contribution in [1.82, 2.24) is 9.55 Å². The van der Waals surface area contributed by atoms with Crippen LogP contribution in [-0.2, 0) is 6.54 Å². The van der Waals surface area contributed by atoms with E-state index in [9.17, 15) is 4.79 Å². The zero-order valence-corrected chi connectivity index (χ0v) is 12.9. The summed E-state index contributed by atoms with van der Waals surface area (Å²) >= 11 is 4.86. The highest BCUT2D eigenvalue weighted by molar-refractivity contribution is 9.10. The van der Waals surface area contributed by atoms with Crippen LogP contribution < -0.4 is 10.3 Å². The van der Waals surface area contributed by atoms with Gasteiger partial charge in [-0.15, -0.1) is 11.3 Å². The molecule has 2 aromatic heterocycles. The number of ether oxygens (including phenoxy) is 1. The Bertz CT molecular complexity index is 797. The molecule has 3 aromatic rings. The number of thiophene rings is 1. The summed E-state index contributed by atoms with van der Waals surface area (Å²) < 4.78 is 8.17. The second-order valence-electron chi connectivity index (χ2n) is 4.19. The molecule has 0 bridgehead atoms. The number of nitrogens with zero attached hydrogens (tertiary/aromatic N) is 2. The zero-order valence-electron chi connectivity index (χ0n) is 10.5. The quantitative estimate of drug-likeness (QED) is 0.725. The molecule has 1 aromatic carbocycles. The second-order valence-corrected chi connectivity index (χ2v) is 6.00. The summed E-state index contributed by atoms with van der Waals surface area (Å²) in [7, 11) is 0. The highest BCUT2D eigenvalue weighted by Gasteiger charge is 2.04. The van der Waals surface area contributed by atoms with E-state index >= 15 is 0 Å².